The molecule has 0 radical (unpaired) electrons. The third-order valence-electron chi connectivity index (χ3n) is 15.6. The van der Waals surface area contributed by atoms with Crippen LogP contribution < -0.4 is 0 Å². The first-order valence-corrected chi connectivity index (χ1v) is 17.5. The molecule has 0 unspecified atom stereocenters. The highest BCUT2D eigenvalue weighted by molar-refractivity contribution is 5.86. The Morgan fingerprint density at radius 1 is 0.925 bits per heavy atom. The Hall–Kier alpha value is -0.670. The average molecular weight is 552 g/mol. The Kier molecular flexibility index (Phi) is 7.30. The van der Waals surface area contributed by atoms with Gasteiger partial charge in [-0.1, -0.05) is 60.1 Å². The van der Waals surface area contributed by atoms with E-state index in [1.807, 2.05) is 0 Å². The van der Waals surface area contributed by atoms with Crippen molar-refractivity contribution < 1.29 is 9.90 Å². The van der Waals surface area contributed by atoms with E-state index in [4.69, 9.17) is 0 Å². The molecule has 3 heteroatoms. The van der Waals surface area contributed by atoms with Crippen molar-refractivity contribution in [2.75, 3.05) is 19.6 Å². The van der Waals surface area contributed by atoms with Crippen LogP contribution in [0.4, 0.5) is 0 Å². The highest BCUT2D eigenvalue weighted by Crippen LogP contribution is 2.75. The molecular formula is C37H61NO2. The van der Waals surface area contributed by atoms with Crippen LogP contribution in [0.25, 0.3) is 0 Å². The first-order valence-electron chi connectivity index (χ1n) is 17.5. The van der Waals surface area contributed by atoms with Gasteiger partial charge in [-0.05, 0) is 148 Å². The number of allylic oxidation sites excluding steroid dienone is 2. The highest BCUT2D eigenvalue weighted by Gasteiger charge is 2.69. The van der Waals surface area contributed by atoms with E-state index in [1.54, 1.807) is 5.57 Å². The summed E-state index contributed by atoms with van der Waals surface area (Å²) in [7, 11) is 0. The lowest BCUT2D eigenvalue weighted by molar-refractivity contribution is -0.204. The molecule has 0 bridgehead atoms. The summed E-state index contributed by atoms with van der Waals surface area (Å²) in [6, 6.07) is 0. The normalized spacial score (nSPS) is 50.2. The molecule has 3 nitrogen and oxygen atoms in total. The van der Waals surface area contributed by atoms with Crippen LogP contribution in [-0.4, -0.2) is 41.5 Å². The number of ketones is 1. The second-order valence-electron chi connectivity index (χ2n) is 17.3. The van der Waals surface area contributed by atoms with Crippen LogP contribution >= 0.6 is 0 Å². The molecule has 1 saturated heterocycles. The summed E-state index contributed by atoms with van der Waals surface area (Å²) < 4.78 is 0. The number of Topliss-reactive ketones (excluding diaryl/α,β-unsaturated/α-hetero) is 1. The van der Waals surface area contributed by atoms with Crippen molar-refractivity contribution in [1.29, 1.82) is 0 Å². The van der Waals surface area contributed by atoms with Gasteiger partial charge in [0.05, 0.1) is 6.10 Å². The zero-order valence-electron chi connectivity index (χ0n) is 27.2. The first-order chi connectivity index (χ1) is 18.8. The number of fused-ring (bicyclic) bond motifs is 7. The maximum absolute atomic E-state index is 14.4. The number of carbonyl (C=O) groups excluding carboxylic acids is 1. The van der Waals surface area contributed by atoms with E-state index in [2.05, 4.69) is 59.4 Å². The Morgan fingerprint density at radius 3 is 2.38 bits per heavy atom. The fourth-order valence-corrected chi connectivity index (χ4v) is 12.7. The van der Waals surface area contributed by atoms with Crippen molar-refractivity contribution >= 4 is 5.78 Å². The molecule has 0 aromatic rings. The molecule has 0 aromatic carbocycles. The fourth-order valence-electron chi connectivity index (χ4n) is 12.7. The molecular weight excluding hydrogens is 490 g/mol. The van der Waals surface area contributed by atoms with Crippen LogP contribution in [0, 0.1) is 56.7 Å². The Balaban J connectivity index is 1.33. The number of aliphatic hydroxyl groups excluding tert-OH is 1. The quantitative estimate of drug-likeness (QED) is 0.349. The van der Waals surface area contributed by atoms with Gasteiger partial charge in [-0.3, -0.25) is 4.79 Å². The van der Waals surface area contributed by atoms with Gasteiger partial charge >= 0.3 is 0 Å². The summed E-state index contributed by atoms with van der Waals surface area (Å²) in [5.74, 6) is 3.58. The fraction of sp³-hybridized carbons (Fsp3) is 0.919. The van der Waals surface area contributed by atoms with Crippen molar-refractivity contribution in [3.8, 4) is 0 Å². The third-order valence-corrected chi connectivity index (χ3v) is 15.6. The number of aliphatic hydroxyl groups is 1. The van der Waals surface area contributed by atoms with Gasteiger partial charge in [0.2, 0.25) is 0 Å². The zero-order valence-corrected chi connectivity index (χ0v) is 27.2. The van der Waals surface area contributed by atoms with Gasteiger partial charge in [0, 0.05) is 11.8 Å². The molecule has 226 valence electrons. The summed E-state index contributed by atoms with van der Waals surface area (Å²) in [5, 5.41) is 11.0. The molecule has 1 heterocycles. The molecule has 0 spiro atoms. The van der Waals surface area contributed by atoms with E-state index in [-0.39, 0.29) is 33.2 Å². The first kappa shape index (κ1) is 29.4. The largest absolute Gasteiger partial charge is 0.393 e. The topological polar surface area (TPSA) is 40.5 Å². The standard InChI is InChI=1S/C37H61NO2/c1-25-14-19-37(31(40)11-10-24-38-22-8-9-23-38)21-20-35(6)27(32(37)26(25)2)12-13-29-34(5)17-16-30(39)33(3,4)28(34)15-18-36(29,35)7/h12,25-26,28-30,32,39H,8-11,13-24H2,1-7H3/t25-,26+,28+,29-,30+,32+,34+,35-,36-,37-/m1/s1. The molecule has 5 fully saturated rings. The summed E-state index contributed by atoms with van der Waals surface area (Å²) >= 11 is 0. The van der Waals surface area contributed by atoms with Crippen molar-refractivity contribution in [2.45, 2.75) is 138 Å². The molecule has 40 heavy (non-hydrogen) atoms. The number of likely N-dealkylation sites (tertiary alicyclic amines) is 1. The van der Waals surface area contributed by atoms with Crippen molar-refractivity contribution in [3.63, 3.8) is 0 Å². The zero-order chi connectivity index (χ0) is 28.7. The second-order valence-corrected chi connectivity index (χ2v) is 17.3. The minimum Gasteiger partial charge on any atom is -0.393 e. The number of hydrogen-bond donors (Lipinski definition) is 1. The molecule has 1 N–H and O–H groups in total. The minimum atomic E-state index is -0.170. The predicted octanol–water partition coefficient (Wildman–Crippen LogP) is 8.45. The van der Waals surface area contributed by atoms with E-state index >= 15 is 0 Å². The number of nitrogens with zero attached hydrogens (tertiary/aromatic N) is 1. The number of carbonyl (C=O) groups is 1. The van der Waals surface area contributed by atoms with Gasteiger partial charge in [0.15, 0.2) is 0 Å². The van der Waals surface area contributed by atoms with Crippen molar-refractivity contribution in [1.82, 2.24) is 4.90 Å². The Labute approximate surface area is 246 Å². The Bertz CT molecular complexity index is 1030. The Morgan fingerprint density at radius 2 is 1.65 bits per heavy atom. The number of hydrogen-bond acceptors (Lipinski definition) is 3. The van der Waals surface area contributed by atoms with Crippen LogP contribution in [0.15, 0.2) is 11.6 Å². The lowest BCUT2D eigenvalue weighted by Gasteiger charge is -2.71. The smallest absolute Gasteiger partial charge is 0.139 e. The van der Waals surface area contributed by atoms with Crippen LogP contribution in [0.3, 0.4) is 0 Å². The SMILES string of the molecule is C[C@H]1[C@H](C)CC[C@]2(C(=O)CCCN3CCCC3)CC[C@]3(C)C(=CC[C@@H]4[C@@]5(C)CC[C@H](O)C(C)(C)[C@@H]5CC[C@]43C)[C@H]12. The molecule has 0 amide bonds. The predicted molar refractivity (Wildman–Crippen MR) is 165 cm³/mol. The molecule has 0 aromatic heterocycles. The maximum Gasteiger partial charge on any atom is 0.139 e. The van der Waals surface area contributed by atoms with Crippen LogP contribution in [0.5, 0.6) is 0 Å². The van der Waals surface area contributed by atoms with Gasteiger partial charge in [0.25, 0.3) is 0 Å². The summed E-state index contributed by atoms with van der Waals surface area (Å²) in [6.07, 6.45) is 17.5. The maximum atomic E-state index is 14.4. The monoisotopic (exact) mass is 551 g/mol. The minimum absolute atomic E-state index is 0.00422. The van der Waals surface area contributed by atoms with Crippen LogP contribution in [0.2, 0.25) is 0 Å². The molecule has 6 rings (SSSR count). The van der Waals surface area contributed by atoms with Gasteiger partial charge < -0.3 is 10.0 Å². The van der Waals surface area contributed by atoms with Gasteiger partial charge in [-0.2, -0.15) is 0 Å². The van der Waals surface area contributed by atoms with Gasteiger partial charge in [-0.25, -0.2) is 0 Å². The lowest BCUT2D eigenvalue weighted by atomic mass is 9.33. The van der Waals surface area contributed by atoms with Crippen LogP contribution in [-0.2, 0) is 4.79 Å². The van der Waals surface area contributed by atoms with Gasteiger partial charge in [0.1, 0.15) is 5.78 Å². The van der Waals surface area contributed by atoms with Gasteiger partial charge in [-0.15, -0.1) is 0 Å². The molecule has 5 aliphatic carbocycles. The van der Waals surface area contributed by atoms with Crippen LogP contribution in [0.1, 0.15) is 132 Å². The van der Waals surface area contributed by atoms with E-state index in [1.165, 1.54) is 58.0 Å². The van der Waals surface area contributed by atoms with E-state index in [0.29, 0.717) is 35.4 Å². The lowest BCUT2D eigenvalue weighted by Crippen LogP contribution is -2.65. The highest BCUT2D eigenvalue weighted by atomic mass is 16.3. The summed E-state index contributed by atoms with van der Waals surface area (Å²) in [5.41, 5.74) is 2.32. The summed E-state index contributed by atoms with van der Waals surface area (Å²) in [6.45, 7) is 21.2. The molecule has 6 aliphatic rings. The van der Waals surface area contributed by atoms with E-state index < -0.39 is 0 Å². The number of rotatable bonds is 5. The molecule has 4 saturated carbocycles. The third kappa shape index (κ3) is 3.98. The van der Waals surface area contributed by atoms with Crippen molar-refractivity contribution in [2.24, 2.45) is 56.7 Å². The summed E-state index contributed by atoms with van der Waals surface area (Å²) in [4.78, 5) is 17.0. The molecule has 1 aliphatic heterocycles. The van der Waals surface area contributed by atoms with E-state index in [9.17, 15) is 9.90 Å². The molecule has 10 atom stereocenters. The average Bonchev–Trinajstić information content (AvgIpc) is 3.42. The van der Waals surface area contributed by atoms with Crippen molar-refractivity contribution in [3.05, 3.63) is 11.6 Å². The van der Waals surface area contributed by atoms with E-state index in [0.717, 1.165) is 45.1 Å². The second kappa shape index (κ2) is 9.93.